The molecule has 4 bridgehead atoms. The summed E-state index contributed by atoms with van der Waals surface area (Å²) in [7, 11) is 1.40. The van der Waals surface area contributed by atoms with E-state index in [1.165, 1.54) is 49.6 Å². The van der Waals surface area contributed by atoms with Gasteiger partial charge in [-0.1, -0.05) is 24.3 Å². The Kier molecular flexibility index (Phi) is 8.57. The van der Waals surface area contributed by atoms with E-state index in [4.69, 9.17) is 0 Å². The summed E-state index contributed by atoms with van der Waals surface area (Å²) in [5, 5.41) is 21.2. The molecule has 4 amide bonds. The lowest BCUT2D eigenvalue weighted by Gasteiger charge is -2.32. The van der Waals surface area contributed by atoms with E-state index in [-0.39, 0.29) is 48.8 Å². The Morgan fingerprint density at radius 1 is 0.932 bits per heavy atom. The molecule has 0 saturated heterocycles. The summed E-state index contributed by atoms with van der Waals surface area (Å²) in [6.07, 6.45) is 5.95. The summed E-state index contributed by atoms with van der Waals surface area (Å²) in [5.41, 5.74) is 1.62. The minimum absolute atomic E-state index is 0.0248. The quantitative estimate of drug-likeness (QED) is 0.259. The SMILES string of the molecule is CNC(=O)C(O)CC[C@H](NC(=O)C1Cc2ccccc2C1)C(=O)Nc1cccn(CC(=O)NC2C3CC4CC(C3)C2C4)c1=O. The molecule has 1 aromatic heterocycles. The highest BCUT2D eigenvalue weighted by molar-refractivity contribution is 5.97. The highest BCUT2D eigenvalue weighted by atomic mass is 16.3. The van der Waals surface area contributed by atoms with Gasteiger partial charge in [-0.15, -0.1) is 0 Å². The zero-order valence-corrected chi connectivity index (χ0v) is 25.0. The number of rotatable bonds is 11. The zero-order valence-electron chi connectivity index (χ0n) is 25.0. The Balaban J connectivity index is 1.11. The lowest BCUT2D eigenvalue weighted by Crippen LogP contribution is -2.48. The summed E-state index contributed by atoms with van der Waals surface area (Å²) in [6.45, 7) is -0.159. The van der Waals surface area contributed by atoms with E-state index < -0.39 is 29.5 Å². The minimum Gasteiger partial charge on any atom is -0.383 e. The number of benzene rings is 1. The van der Waals surface area contributed by atoms with Gasteiger partial charge in [-0.25, -0.2) is 0 Å². The van der Waals surface area contributed by atoms with Crippen molar-refractivity contribution in [3.8, 4) is 0 Å². The maximum atomic E-state index is 13.5. The molecule has 5 aliphatic carbocycles. The maximum Gasteiger partial charge on any atom is 0.274 e. The van der Waals surface area contributed by atoms with Gasteiger partial charge in [0.15, 0.2) is 0 Å². The molecule has 44 heavy (non-hydrogen) atoms. The van der Waals surface area contributed by atoms with Crippen LogP contribution in [0.25, 0.3) is 0 Å². The lowest BCUT2D eigenvalue weighted by atomic mass is 9.79. The van der Waals surface area contributed by atoms with Crippen molar-refractivity contribution in [1.29, 1.82) is 0 Å². The van der Waals surface area contributed by atoms with Gasteiger partial charge in [0, 0.05) is 25.2 Å². The first-order chi connectivity index (χ1) is 21.2. The van der Waals surface area contributed by atoms with Crippen LogP contribution in [0.4, 0.5) is 5.69 Å². The first kappa shape index (κ1) is 30.1. The van der Waals surface area contributed by atoms with E-state index in [0.717, 1.165) is 17.0 Å². The maximum absolute atomic E-state index is 13.5. The van der Waals surface area contributed by atoms with Gasteiger partial charge in [0.25, 0.3) is 5.56 Å². The Bertz CT molecular complexity index is 1480. The number of aliphatic hydroxyl groups excluding tert-OH is 1. The number of pyridine rings is 1. The number of fused-ring (bicyclic) bond motifs is 1. The van der Waals surface area contributed by atoms with Crippen molar-refractivity contribution in [2.75, 3.05) is 12.4 Å². The number of anilines is 1. The number of carbonyl (C=O) groups is 4. The first-order valence-electron chi connectivity index (χ1n) is 15.8. The Hall–Kier alpha value is -3.99. The largest absolute Gasteiger partial charge is 0.383 e. The molecule has 4 saturated carbocycles. The van der Waals surface area contributed by atoms with Crippen LogP contribution in [0.5, 0.6) is 0 Å². The third-order valence-electron chi connectivity index (χ3n) is 10.3. The van der Waals surface area contributed by atoms with E-state index >= 15 is 0 Å². The molecule has 6 unspecified atom stereocenters. The standard InChI is InChI=1S/C33H41N5O6/c1-34-32(43)27(39)9-8-25(35-30(41)23-14-19-5-2-3-6-20(19)15-23)31(42)36-26-7-4-10-38(33(26)44)17-28(40)37-29-22-12-18-11-21(16-22)24(29)13-18/h2-7,10,18,21-25,27,29,39H,8-9,11-17H2,1H3,(H,34,43)(H,35,41)(H,36,42)(H,37,40)/t18?,21?,22?,24?,25-,27?,29?/m0/s1. The second kappa shape index (κ2) is 12.6. The van der Waals surface area contributed by atoms with Crippen LogP contribution in [0.1, 0.15) is 49.7 Å². The first-order valence-corrected chi connectivity index (χ1v) is 15.8. The van der Waals surface area contributed by atoms with Gasteiger partial charge in [0.2, 0.25) is 23.6 Å². The average Bonchev–Trinajstić information content (AvgIpc) is 3.65. The average molecular weight is 604 g/mol. The topological polar surface area (TPSA) is 159 Å². The van der Waals surface area contributed by atoms with Gasteiger partial charge in [0.05, 0.1) is 0 Å². The van der Waals surface area contributed by atoms with Crippen molar-refractivity contribution < 1.29 is 24.3 Å². The molecule has 11 nitrogen and oxygen atoms in total. The number of hydrogen-bond acceptors (Lipinski definition) is 6. The fourth-order valence-corrected chi connectivity index (χ4v) is 8.25. The monoisotopic (exact) mass is 603 g/mol. The smallest absolute Gasteiger partial charge is 0.274 e. The van der Waals surface area contributed by atoms with Crippen LogP contribution in [-0.4, -0.2) is 58.5 Å². The molecule has 0 aliphatic heterocycles. The van der Waals surface area contributed by atoms with Crippen molar-refractivity contribution in [3.05, 3.63) is 64.1 Å². The van der Waals surface area contributed by atoms with Crippen LogP contribution in [0.3, 0.4) is 0 Å². The van der Waals surface area contributed by atoms with Crippen LogP contribution < -0.4 is 26.8 Å². The second-order valence-corrected chi connectivity index (χ2v) is 13.1. The van der Waals surface area contributed by atoms with Crippen LogP contribution in [-0.2, 0) is 38.6 Å². The lowest BCUT2D eigenvalue weighted by molar-refractivity contribution is -0.130. The van der Waals surface area contributed by atoms with Crippen molar-refractivity contribution in [2.45, 2.75) is 76.1 Å². The summed E-state index contributed by atoms with van der Waals surface area (Å²) >= 11 is 0. The number of nitrogens with zero attached hydrogens (tertiary/aromatic N) is 1. The Morgan fingerprint density at radius 2 is 1.66 bits per heavy atom. The fourth-order valence-electron chi connectivity index (χ4n) is 8.25. The third kappa shape index (κ3) is 6.15. The number of aromatic nitrogens is 1. The van der Waals surface area contributed by atoms with Gasteiger partial charge in [-0.2, -0.15) is 0 Å². The number of likely N-dealkylation sites (N-methyl/N-ethyl adjacent to an activating group) is 1. The highest BCUT2D eigenvalue weighted by Gasteiger charge is 2.54. The summed E-state index contributed by atoms with van der Waals surface area (Å²) in [4.78, 5) is 64.9. The molecule has 4 fully saturated rings. The molecular weight excluding hydrogens is 562 g/mol. The Morgan fingerprint density at radius 3 is 2.36 bits per heavy atom. The van der Waals surface area contributed by atoms with Gasteiger partial charge >= 0.3 is 0 Å². The predicted octanol–water partition coefficient (Wildman–Crippen LogP) is 1.12. The van der Waals surface area contributed by atoms with Gasteiger partial charge in [0.1, 0.15) is 24.4 Å². The minimum atomic E-state index is -1.36. The number of carbonyl (C=O) groups excluding carboxylic acids is 4. The van der Waals surface area contributed by atoms with E-state index in [1.54, 1.807) is 6.07 Å². The predicted molar refractivity (Wildman–Crippen MR) is 162 cm³/mol. The van der Waals surface area contributed by atoms with Crippen LogP contribution in [0, 0.1) is 29.6 Å². The van der Waals surface area contributed by atoms with Crippen molar-refractivity contribution in [2.24, 2.45) is 29.6 Å². The van der Waals surface area contributed by atoms with Crippen LogP contribution >= 0.6 is 0 Å². The molecule has 5 aliphatic rings. The second-order valence-electron chi connectivity index (χ2n) is 13.1. The molecule has 1 heterocycles. The summed E-state index contributed by atoms with van der Waals surface area (Å²) in [6, 6.07) is 9.92. The molecular formula is C33H41N5O6. The van der Waals surface area contributed by atoms with Crippen LogP contribution in [0.15, 0.2) is 47.4 Å². The number of hydrogen-bond donors (Lipinski definition) is 5. The molecule has 0 spiro atoms. The molecule has 2 aromatic rings. The number of aliphatic hydroxyl groups is 1. The van der Waals surface area contributed by atoms with Crippen molar-refractivity contribution >= 4 is 29.3 Å². The molecule has 7 rings (SSSR count). The third-order valence-corrected chi connectivity index (χ3v) is 10.3. The summed E-state index contributed by atoms with van der Waals surface area (Å²) < 4.78 is 1.27. The van der Waals surface area contributed by atoms with Crippen molar-refractivity contribution in [3.63, 3.8) is 0 Å². The van der Waals surface area contributed by atoms with Gasteiger partial charge < -0.3 is 30.9 Å². The molecule has 11 heteroatoms. The van der Waals surface area contributed by atoms with Crippen LogP contribution in [0.2, 0.25) is 0 Å². The molecule has 234 valence electrons. The summed E-state index contributed by atoms with van der Waals surface area (Å²) in [5.74, 6) is 0.446. The van der Waals surface area contributed by atoms with Gasteiger partial charge in [-0.05, 0) is 98.3 Å². The highest BCUT2D eigenvalue weighted by Crippen LogP contribution is 2.58. The van der Waals surface area contributed by atoms with E-state index in [9.17, 15) is 29.1 Å². The van der Waals surface area contributed by atoms with Crippen molar-refractivity contribution in [1.82, 2.24) is 20.5 Å². The number of amides is 4. The van der Waals surface area contributed by atoms with Gasteiger partial charge in [-0.3, -0.25) is 24.0 Å². The molecule has 1 aromatic carbocycles. The normalized spacial score (nSPS) is 26.1. The van der Waals surface area contributed by atoms with E-state index in [0.29, 0.717) is 30.6 Å². The van der Waals surface area contributed by atoms with E-state index in [1.807, 2.05) is 24.3 Å². The van der Waals surface area contributed by atoms with E-state index in [2.05, 4.69) is 21.3 Å². The molecule has 5 N–H and O–H groups in total. The Labute approximate surface area is 256 Å². The fraction of sp³-hybridized carbons (Fsp3) is 0.545. The molecule has 0 radical (unpaired) electrons. The molecule has 7 atom stereocenters. The number of nitrogens with one attached hydrogen (secondary N) is 4. The zero-order chi connectivity index (χ0) is 31.0.